The number of rotatable bonds is 8. The summed E-state index contributed by atoms with van der Waals surface area (Å²) in [4.78, 5) is 15.0. The maximum atomic E-state index is 12.7. The third-order valence-electron chi connectivity index (χ3n) is 5.66. The molecule has 1 amide bonds. The van der Waals surface area contributed by atoms with E-state index in [9.17, 15) is 18.0 Å². The first-order valence-electron chi connectivity index (χ1n) is 11.5. The fraction of sp³-hybridized carbons (Fsp3) is 0.360. The summed E-state index contributed by atoms with van der Waals surface area (Å²) in [7, 11) is 1.81. The van der Waals surface area contributed by atoms with Gasteiger partial charge in [-0.15, -0.1) is 13.2 Å². The number of anilines is 1. The van der Waals surface area contributed by atoms with Crippen LogP contribution >= 0.6 is 0 Å². The molecule has 36 heavy (non-hydrogen) atoms. The number of nitrogens with zero attached hydrogens (tertiary/aromatic N) is 3. The number of amides is 1. The van der Waals surface area contributed by atoms with Crippen molar-refractivity contribution in [2.75, 3.05) is 44.8 Å². The first-order valence-corrected chi connectivity index (χ1v) is 11.5. The normalized spacial score (nSPS) is 14.8. The number of alkyl halides is 3. The fourth-order valence-corrected chi connectivity index (χ4v) is 3.89. The number of carbonyl (C=O) groups is 1. The Morgan fingerprint density at radius 1 is 1.11 bits per heavy atom. The summed E-state index contributed by atoms with van der Waals surface area (Å²) in [6.07, 6.45) is -2.13. The zero-order valence-electron chi connectivity index (χ0n) is 19.8. The number of aromatic nitrogens is 2. The summed E-state index contributed by atoms with van der Waals surface area (Å²) in [6, 6.07) is 11.9. The Balaban J connectivity index is 1.46. The van der Waals surface area contributed by atoms with Gasteiger partial charge >= 0.3 is 6.36 Å². The van der Waals surface area contributed by atoms with E-state index in [2.05, 4.69) is 20.1 Å². The van der Waals surface area contributed by atoms with Crippen molar-refractivity contribution in [1.29, 1.82) is 0 Å². The highest BCUT2D eigenvalue weighted by Gasteiger charge is 2.31. The van der Waals surface area contributed by atoms with Gasteiger partial charge in [0.05, 0.1) is 12.3 Å². The van der Waals surface area contributed by atoms with Crippen molar-refractivity contribution in [2.45, 2.75) is 12.8 Å². The summed E-state index contributed by atoms with van der Waals surface area (Å²) in [6.45, 7) is 4.58. The van der Waals surface area contributed by atoms with Crippen LogP contribution in [0, 0.1) is 0 Å². The summed E-state index contributed by atoms with van der Waals surface area (Å²) in [5.74, 6) is -0.218. The maximum Gasteiger partial charge on any atom is 0.573 e. The molecule has 2 aromatic carbocycles. The van der Waals surface area contributed by atoms with Crippen molar-refractivity contribution in [3.63, 3.8) is 0 Å². The minimum Gasteiger partial charge on any atom is -0.492 e. The van der Waals surface area contributed by atoms with E-state index in [0.717, 1.165) is 56.1 Å². The van der Waals surface area contributed by atoms with Gasteiger partial charge in [0.25, 0.3) is 5.91 Å². The van der Waals surface area contributed by atoms with Gasteiger partial charge in [0, 0.05) is 56.3 Å². The van der Waals surface area contributed by atoms with Crippen LogP contribution in [0.3, 0.4) is 0 Å². The maximum absolute atomic E-state index is 12.7. The highest BCUT2D eigenvalue weighted by atomic mass is 19.4. The lowest BCUT2D eigenvalue weighted by Gasteiger charge is -2.20. The number of benzene rings is 2. The third kappa shape index (κ3) is 6.98. The second-order valence-electron chi connectivity index (χ2n) is 8.23. The topological polar surface area (TPSA) is 77.9 Å². The van der Waals surface area contributed by atoms with E-state index in [1.54, 1.807) is 29.1 Å². The van der Waals surface area contributed by atoms with E-state index in [-0.39, 0.29) is 5.56 Å². The van der Waals surface area contributed by atoms with Crippen LogP contribution in [0.15, 0.2) is 54.7 Å². The quantitative estimate of drug-likeness (QED) is 0.492. The van der Waals surface area contributed by atoms with Crippen molar-refractivity contribution in [1.82, 2.24) is 14.7 Å². The van der Waals surface area contributed by atoms with Crippen molar-refractivity contribution in [3.8, 4) is 22.8 Å². The fourth-order valence-electron chi connectivity index (χ4n) is 3.89. The Morgan fingerprint density at radius 2 is 1.92 bits per heavy atom. The van der Waals surface area contributed by atoms with E-state index in [1.807, 2.05) is 13.1 Å². The van der Waals surface area contributed by atoms with Crippen LogP contribution in [0.2, 0.25) is 0 Å². The molecule has 192 valence electrons. The van der Waals surface area contributed by atoms with Crippen LogP contribution in [-0.2, 0) is 11.8 Å². The zero-order chi connectivity index (χ0) is 25.5. The van der Waals surface area contributed by atoms with Gasteiger partial charge in [-0.3, -0.25) is 14.4 Å². The van der Waals surface area contributed by atoms with Gasteiger partial charge < -0.3 is 19.5 Å². The van der Waals surface area contributed by atoms with E-state index < -0.39 is 18.0 Å². The molecule has 3 aromatic rings. The Hall–Kier alpha value is -3.57. The predicted molar refractivity (Wildman–Crippen MR) is 127 cm³/mol. The molecular weight excluding hydrogens is 477 g/mol. The number of aryl methyl sites for hydroxylation is 1. The second kappa shape index (κ2) is 11.4. The van der Waals surface area contributed by atoms with Crippen LogP contribution in [0.25, 0.3) is 11.3 Å². The molecule has 1 saturated heterocycles. The lowest BCUT2D eigenvalue weighted by molar-refractivity contribution is -0.274. The molecule has 2 heterocycles. The molecule has 4 rings (SSSR count). The first-order chi connectivity index (χ1) is 17.3. The van der Waals surface area contributed by atoms with E-state index in [1.165, 1.54) is 12.1 Å². The molecule has 0 bridgehead atoms. The van der Waals surface area contributed by atoms with Gasteiger partial charge in [0.1, 0.15) is 18.1 Å². The summed E-state index contributed by atoms with van der Waals surface area (Å²) < 4.78 is 54.3. The Morgan fingerprint density at radius 3 is 2.64 bits per heavy atom. The molecule has 0 unspecified atom stereocenters. The van der Waals surface area contributed by atoms with Gasteiger partial charge in [0.2, 0.25) is 0 Å². The SMILES string of the molecule is Cn1nccc1-c1cc(NC(=O)c2ccc(OC(F)(F)F)cc2)ccc1OCCN1CCCOCC1. The summed E-state index contributed by atoms with van der Waals surface area (Å²) in [5.41, 5.74) is 2.25. The molecule has 0 atom stereocenters. The summed E-state index contributed by atoms with van der Waals surface area (Å²) >= 11 is 0. The molecule has 1 aliphatic rings. The summed E-state index contributed by atoms with van der Waals surface area (Å²) in [5, 5.41) is 7.01. The number of ether oxygens (including phenoxy) is 3. The zero-order valence-corrected chi connectivity index (χ0v) is 19.8. The molecule has 11 heteroatoms. The van der Waals surface area contributed by atoms with Crippen molar-refractivity contribution < 1.29 is 32.2 Å². The van der Waals surface area contributed by atoms with Gasteiger partial charge in [-0.05, 0) is 55.0 Å². The Labute approximate surface area is 206 Å². The van der Waals surface area contributed by atoms with Gasteiger partial charge in [-0.25, -0.2) is 0 Å². The largest absolute Gasteiger partial charge is 0.573 e. The molecule has 0 aliphatic carbocycles. The highest BCUT2D eigenvalue weighted by Crippen LogP contribution is 2.33. The molecule has 1 N–H and O–H groups in total. The van der Waals surface area contributed by atoms with E-state index in [0.29, 0.717) is 24.7 Å². The molecule has 1 fully saturated rings. The highest BCUT2D eigenvalue weighted by molar-refractivity contribution is 6.04. The van der Waals surface area contributed by atoms with Crippen LogP contribution in [0.1, 0.15) is 16.8 Å². The lowest BCUT2D eigenvalue weighted by atomic mass is 10.1. The van der Waals surface area contributed by atoms with Crippen molar-refractivity contribution >= 4 is 11.6 Å². The van der Waals surface area contributed by atoms with Crippen LogP contribution in [-0.4, -0.2) is 66.4 Å². The number of halogens is 3. The van der Waals surface area contributed by atoms with Crippen molar-refractivity contribution in [2.24, 2.45) is 7.05 Å². The molecule has 8 nitrogen and oxygen atoms in total. The molecule has 0 spiro atoms. The number of carbonyl (C=O) groups excluding carboxylic acids is 1. The van der Waals surface area contributed by atoms with Crippen LogP contribution in [0.4, 0.5) is 18.9 Å². The molecular formula is C25H27F3N4O4. The monoisotopic (exact) mass is 504 g/mol. The second-order valence-corrected chi connectivity index (χ2v) is 8.23. The van der Waals surface area contributed by atoms with E-state index in [4.69, 9.17) is 9.47 Å². The van der Waals surface area contributed by atoms with Crippen molar-refractivity contribution in [3.05, 3.63) is 60.3 Å². The molecule has 1 aromatic heterocycles. The molecule has 0 saturated carbocycles. The number of nitrogens with one attached hydrogen (secondary N) is 1. The van der Waals surface area contributed by atoms with Crippen LogP contribution < -0.4 is 14.8 Å². The average Bonchev–Trinajstić information content (AvgIpc) is 3.09. The Kier molecular flexibility index (Phi) is 8.11. The van der Waals surface area contributed by atoms with Gasteiger partial charge in [0.15, 0.2) is 0 Å². The average molecular weight is 505 g/mol. The van der Waals surface area contributed by atoms with Crippen LogP contribution in [0.5, 0.6) is 11.5 Å². The third-order valence-corrected chi connectivity index (χ3v) is 5.66. The Bertz CT molecular complexity index is 1160. The first kappa shape index (κ1) is 25.5. The smallest absolute Gasteiger partial charge is 0.492 e. The minimum absolute atomic E-state index is 0.188. The van der Waals surface area contributed by atoms with Gasteiger partial charge in [-0.2, -0.15) is 5.10 Å². The standard InChI is InChI=1S/C25H27F3N4O4/c1-31-22(9-10-29-31)21-17-19(5-8-23(21)35-16-13-32-11-2-14-34-15-12-32)30-24(33)18-3-6-20(7-4-18)36-25(26,27)28/h3-10,17H,2,11-16H2,1H3,(H,30,33). The van der Waals surface area contributed by atoms with Gasteiger partial charge in [-0.1, -0.05) is 0 Å². The molecule has 0 radical (unpaired) electrons. The van der Waals surface area contributed by atoms with E-state index >= 15 is 0 Å². The minimum atomic E-state index is -4.79. The molecule has 1 aliphatic heterocycles. The number of hydrogen-bond donors (Lipinski definition) is 1. The lowest BCUT2D eigenvalue weighted by Crippen LogP contribution is -2.30. The number of hydrogen-bond acceptors (Lipinski definition) is 6. The predicted octanol–water partition coefficient (Wildman–Crippen LogP) is 4.34.